The molecule has 0 saturated carbocycles. The number of pyridine rings is 1. The van der Waals surface area contributed by atoms with Crippen molar-refractivity contribution in [2.24, 2.45) is 0 Å². The van der Waals surface area contributed by atoms with Crippen molar-refractivity contribution in [3.8, 4) is 17.0 Å². The second-order valence-electron chi connectivity index (χ2n) is 6.85. The number of nitrogens with zero attached hydrogens (tertiary/aromatic N) is 4. The molecule has 7 nitrogen and oxygen atoms in total. The van der Waals surface area contributed by atoms with Gasteiger partial charge in [-0.1, -0.05) is 18.2 Å². The van der Waals surface area contributed by atoms with Crippen molar-refractivity contribution >= 4 is 22.4 Å². The summed E-state index contributed by atoms with van der Waals surface area (Å²) in [5.74, 6) is 0.568. The van der Waals surface area contributed by atoms with Gasteiger partial charge in [-0.3, -0.25) is 19.6 Å². The van der Waals surface area contributed by atoms with Gasteiger partial charge in [0.1, 0.15) is 5.75 Å². The van der Waals surface area contributed by atoms with E-state index < -0.39 is 0 Å². The van der Waals surface area contributed by atoms with Crippen LogP contribution in [0.1, 0.15) is 0 Å². The molecule has 1 amide bonds. The third kappa shape index (κ3) is 5.41. The number of thiazole rings is 1. The Balaban J connectivity index is 1.47. The number of ether oxygens (including phenoxy) is 2. The molecule has 0 atom stereocenters. The smallest absolute Gasteiger partial charge is 0.266 e. The number of amides is 1. The summed E-state index contributed by atoms with van der Waals surface area (Å²) in [5, 5.41) is 2.65. The highest BCUT2D eigenvalue weighted by Gasteiger charge is 2.22. The molecule has 0 unspecified atom stereocenters. The molecule has 4 rings (SSSR count). The molecule has 0 aliphatic carbocycles. The van der Waals surface area contributed by atoms with Gasteiger partial charge in [-0.2, -0.15) is 0 Å². The zero-order valence-corrected chi connectivity index (χ0v) is 17.5. The first-order chi connectivity index (χ1) is 14.8. The lowest BCUT2D eigenvalue weighted by atomic mass is 10.2. The molecule has 1 saturated heterocycles. The van der Waals surface area contributed by atoms with Crippen LogP contribution in [0.4, 0.5) is 5.13 Å². The van der Waals surface area contributed by atoms with E-state index in [1.807, 2.05) is 47.8 Å². The summed E-state index contributed by atoms with van der Waals surface area (Å²) in [6.07, 6.45) is 3.48. The van der Waals surface area contributed by atoms with Crippen LogP contribution in [-0.2, 0) is 9.53 Å². The molecule has 0 spiro atoms. The van der Waals surface area contributed by atoms with E-state index in [-0.39, 0.29) is 12.5 Å². The molecule has 1 aliphatic heterocycles. The predicted molar refractivity (Wildman–Crippen MR) is 117 cm³/mol. The summed E-state index contributed by atoms with van der Waals surface area (Å²) in [4.78, 5) is 25.9. The van der Waals surface area contributed by atoms with Crippen molar-refractivity contribution in [2.45, 2.75) is 0 Å². The number of hydrogen-bond donors (Lipinski definition) is 0. The summed E-state index contributed by atoms with van der Waals surface area (Å²) in [6, 6.07) is 13.2. The fourth-order valence-corrected chi connectivity index (χ4v) is 4.05. The minimum atomic E-state index is -0.109. The van der Waals surface area contributed by atoms with Gasteiger partial charge in [-0.25, -0.2) is 4.98 Å². The van der Waals surface area contributed by atoms with Gasteiger partial charge in [0.05, 0.1) is 18.9 Å². The number of rotatable bonds is 8. The van der Waals surface area contributed by atoms with Crippen molar-refractivity contribution in [1.82, 2.24) is 14.9 Å². The second kappa shape index (κ2) is 10.3. The lowest BCUT2D eigenvalue weighted by Crippen LogP contribution is -2.44. The van der Waals surface area contributed by atoms with Gasteiger partial charge in [-0.15, -0.1) is 11.3 Å². The largest absolute Gasteiger partial charge is 0.484 e. The highest BCUT2D eigenvalue weighted by atomic mass is 32.1. The maximum atomic E-state index is 13.0. The highest BCUT2D eigenvalue weighted by molar-refractivity contribution is 7.14. The second-order valence-corrected chi connectivity index (χ2v) is 7.69. The zero-order valence-electron chi connectivity index (χ0n) is 16.6. The Morgan fingerprint density at radius 2 is 1.90 bits per heavy atom. The summed E-state index contributed by atoms with van der Waals surface area (Å²) in [5.41, 5.74) is 1.82. The molecule has 156 valence electrons. The third-order valence-corrected chi connectivity index (χ3v) is 5.71. The minimum Gasteiger partial charge on any atom is -0.484 e. The SMILES string of the molecule is O=C(COc1ccccc1)N(CCN1CCOCC1)c1nc(-c2ccncc2)cs1. The summed E-state index contributed by atoms with van der Waals surface area (Å²) < 4.78 is 11.1. The number of carbonyl (C=O) groups excluding carboxylic acids is 1. The topological polar surface area (TPSA) is 67.8 Å². The van der Waals surface area contributed by atoms with E-state index in [0.29, 0.717) is 17.4 Å². The van der Waals surface area contributed by atoms with Crippen LogP contribution in [0, 0.1) is 0 Å². The highest BCUT2D eigenvalue weighted by Crippen LogP contribution is 2.27. The Kier molecular flexibility index (Phi) is 7.02. The third-order valence-electron chi connectivity index (χ3n) is 4.85. The molecule has 30 heavy (non-hydrogen) atoms. The standard InChI is InChI=1S/C22H24N4O3S/c27-21(16-29-19-4-2-1-3-5-19)26(11-10-25-12-14-28-15-13-25)22-24-20(17-30-22)18-6-8-23-9-7-18/h1-9,17H,10-16H2. The molecule has 1 aromatic carbocycles. The first-order valence-corrected chi connectivity index (χ1v) is 10.8. The molecule has 3 heterocycles. The lowest BCUT2D eigenvalue weighted by Gasteiger charge is -2.29. The monoisotopic (exact) mass is 424 g/mol. The normalized spacial score (nSPS) is 14.4. The number of morpholine rings is 1. The minimum absolute atomic E-state index is 0.0305. The van der Waals surface area contributed by atoms with Crippen LogP contribution in [0.2, 0.25) is 0 Å². The van der Waals surface area contributed by atoms with Gasteiger partial charge in [-0.05, 0) is 24.3 Å². The fraction of sp³-hybridized carbons (Fsp3) is 0.318. The maximum Gasteiger partial charge on any atom is 0.266 e. The Bertz CT molecular complexity index is 930. The molecular weight excluding hydrogens is 400 g/mol. The molecule has 2 aromatic heterocycles. The van der Waals surface area contributed by atoms with Crippen LogP contribution in [0.5, 0.6) is 5.75 Å². The van der Waals surface area contributed by atoms with Gasteiger partial charge in [0.2, 0.25) is 0 Å². The van der Waals surface area contributed by atoms with Gasteiger partial charge in [0.15, 0.2) is 11.7 Å². The lowest BCUT2D eigenvalue weighted by molar-refractivity contribution is -0.120. The number of carbonyl (C=O) groups is 1. The molecule has 0 bridgehead atoms. The van der Waals surface area contributed by atoms with Crippen molar-refractivity contribution in [2.75, 3.05) is 50.9 Å². The number of para-hydroxylation sites is 1. The van der Waals surface area contributed by atoms with E-state index in [4.69, 9.17) is 14.5 Å². The van der Waals surface area contributed by atoms with Gasteiger partial charge in [0.25, 0.3) is 5.91 Å². The molecule has 1 aliphatic rings. The molecule has 0 radical (unpaired) electrons. The maximum absolute atomic E-state index is 13.0. The first kappa shape index (κ1) is 20.5. The molecule has 8 heteroatoms. The van der Waals surface area contributed by atoms with Crippen molar-refractivity contribution in [3.05, 3.63) is 60.2 Å². The molecule has 3 aromatic rings. The quantitative estimate of drug-likeness (QED) is 0.554. The van der Waals surface area contributed by atoms with Crippen molar-refractivity contribution < 1.29 is 14.3 Å². The Labute approximate surface area is 179 Å². The Morgan fingerprint density at radius 3 is 2.67 bits per heavy atom. The van der Waals surface area contributed by atoms with Gasteiger partial charge >= 0.3 is 0 Å². The van der Waals surface area contributed by atoms with E-state index in [2.05, 4.69) is 9.88 Å². The molecular formula is C22H24N4O3S. The summed E-state index contributed by atoms with van der Waals surface area (Å²) in [7, 11) is 0. The van der Waals surface area contributed by atoms with Crippen LogP contribution in [0.25, 0.3) is 11.3 Å². The van der Waals surface area contributed by atoms with E-state index in [9.17, 15) is 4.79 Å². The summed E-state index contributed by atoms with van der Waals surface area (Å²) >= 11 is 1.46. The van der Waals surface area contributed by atoms with Gasteiger partial charge < -0.3 is 9.47 Å². The van der Waals surface area contributed by atoms with E-state index in [0.717, 1.165) is 44.1 Å². The Morgan fingerprint density at radius 1 is 1.13 bits per heavy atom. The van der Waals surface area contributed by atoms with E-state index >= 15 is 0 Å². The average Bonchev–Trinajstić information content (AvgIpc) is 3.30. The fourth-order valence-electron chi connectivity index (χ4n) is 3.18. The van der Waals surface area contributed by atoms with Crippen LogP contribution in [-0.4, -0.2) is 66.8 Å². The van der Waals surface area contributed by atoms with Crippen LogP contribution in [0.15, 0.2) is 60.2 Å². The number of hydrogen-bond acceptors (Lipinski definition) is 7. The number of anilines is 1. The van der Waals surface area contributed by atoms with Crippen LogP contribution < -0.4 is 9.64 Å². The average molecular weight is 425 g/mol. The molecule has 1 fully saturated rings. The van der Waals surface area contributed by atoms with E-state index in [1.165, 1.54) is 11.3 Å². The first-order valence-electron chi connectivity index (χ1n) is 9.94. The van der Waals surface area contributed by atoms with Crippen LogP contribution >= 0.6 is 11.3 Å². The molecule has 0 N–H and O–H groups in total. The number of benzene rings is 1. The van der Waals surface area contributed by atoms with Crippen molar-refractivity contribution in [3.63, 3.8) is 0 Å². The van der Waals surface area contributed by atoms with E-state index in [1.54, 1.807) is 17.3 Å². The Hall–Kier alpha value is -2.81. The predicted octanol–water partition coefficient (Wildman–Crippen LogP) is 2.95. The zero-order chi connectivity index (χ0) is 20.6. The summed E-state index contributed by atoms with van der Waals surface area (Å²) in [6.45, 7) is 4.51. The van der Waals surface area contributed by atoms with Crippen LogP contribution in [0.3, 0.4) is 0 Å². The number of aromatic nitrogens is 2. The van der Waals surface area contributed by atoms with Crippen molar-refractivity contribution in [1.29, 1.82) is 0 Å². The van der Waals surface area contributed by atoms with Gasteiger partial charge in [0, 0.05) is 49.5 Å².